The van der Waals surface area contributed by atoms with Gasteiger partial charge >= 0.3 is 6.18 Å². The zero-order valence-electron chi connectivity index (χ0n) is 7.73. The number of halogens is 3. The number of alkyl halides is 3. The van der Waals surface area contributed by atoms with Crippen molar-refractivity contribution in [3.05, 3.63) is 23.8 Å². The average molecular weight is 190 g/mol. The van der Waals surface area contributed by atoms with Gasteiger partial charge in [0, 0.05) is 0 Å². The summed E-state index contributed by atoms with van der Waals surface area (Å²) in [6.07, 6.45) is 0.452. The van der Waals surface area contributed by atoms with E-state index in [0.717, 1.165) is 0 Å². The first-order valence-electron chi connectivity index (χ1n) is 4.37. The van der Waals surface area contributed by atoms with Crippen LogP contribution in [0.25, 0.3) is 0 Å². The van der Waals surface area contributed by atoms with Gasteiger partial charge in [0.2, 0.25) is 0 Å². The summed E-state index contributed by atoms with van der Waals surface area (Å²) >= 11 is 0. The SMILES string of the molecule is CC(C)C1C=CC(C(F)(F)F)=CC1. The molecule has 0 aromatic heterocycles. The van der Waals surface area contributed by atoms with E-state index in [-0.39, 0.29) is 5.92 Å². The Bertz CT molecular complexity index is 233. The van der Waals surface area contributed by atoms with Crippen molar-refractivity contribution >= 4 is 0 Å². The van der Waals surface area contributed by atoms with Crippen molar-refractivity contribution < 1.29 is 13.2 Å². The van der Waals surface area contributed by atoms with E-state index in [4.69, 9.17) is 0 Å². The first-order chi connectivity index (χ1) is 5.91. The summed E-state index contributed by atoms with van der Waals surface area (Å²) in [5.41, 5.74) is -0.510. The maximum Gasteiger partial charge on any atom is 0.416 e. The van der Waals surface area contributed by atoms with E-state index in [1.165, 1.54) is 12.2 Å². The number of rotatable bonds is 1. The van der Waals surface area contributed by atoms with Gasteiger partial charge in [-0.1, -0.05) is 32.1 Å². The molecule has 13 heavy (non-hydrogen) atoms. The molecule has 0 radical (unpaired) electrons. The summed E-state index contributed by atoms with van der Waals surface area (Å²) in [5, 5.41) is 0. The van der Waals surface area contributed by atoms with E-state index in [1.54, 1.807) is 6.08 Å². The maximum atomic E-state index is 12.1. The Kier molecular flexibility index (Phi) is 2.84. The molecule has 0 N–H and O–H groups in total. The van der Waals surface area contributed by atoms with Crippen molar-refractivity contribution in [1.29, 1.82) is 0 Å². The highest BCUT2D eigenvalue weighted by atomic mass is 19.4. The van der Waals surface area contributed by atoms with Gasteiger partial charge in [-0.05, 0) is 18.3 Å². The average Bonchev–Trinajstić information content (AvgIpc) is 2.03. The van der Waals surface area contributed by atoms with Crippen LogP contribution in [0.2, 0.25) is 0 Å². The van der Waals surface area contributed by atoms with Gasteiger partial charge in [-0.2, -0.15) is 13.2 Å². The Labute approximate surface area is 76.1 Å². The molecule has 0 saturated heterocycles. The monoisotopic (exact) mass is 190 g/mol. The molecule has 0 aromatic rings. The largest absolute Gasteiger partial charge is 0.416 e. The summed E-state index contributed by atoms with van der Waals surface area (Å²) in [6.45, 7) is 4.03. The van der Waals surface area contributed by atoms with E-state index < -0.39 is 11.7 Å². The van der Waals surface area contributed by atoms with E-state index in [0.29, 0.717) is 12.3 Å². The summed E-state index contributed by atoms with van der Waals surface area (Å²) in [7, 11) is 0. The fourth-order valence-electron chi connectivity index (χ4n) is 1.34. The van der Waals surface area contributed by atoms with E-state index >= 15 is 0 Å². The van der Waals surface area contributed by atoms with Crippen LogP contribution in [-0.2, 0) is 0 Å². The Morgan fingerprint density at radius 1 is 1.38 bits per heavy atom. The molecule has 0 bridgehead atoms. The minimum absolute atomic E-state index is 0.256. The van der Waals surface area contributed by atoms with Crippen LogP contribution in [0.3, 0.4) is 0 Å². The summed E-state index contributed by atoms with van der Waals surface area (Å²) in [4.78, 5) is 0. The maximum absolute atomic E-state index is 12.1. The second kappa shape index (κ2) is 3.56. The molecule has 0 spiro atoms. The van der Waals surface area contributed by atoms with Gasteiger partial charge < -0.3 is 0 Å². The molecule has 1 atom stereocenters. The molecular formula is C10H13F3. The lowest BCUT2D eigenvalue weighted by Crippen LogP contribution is -2.15. The highest BCUT2D eigenvalue weighted by Gasteiger charge is 2.33. The fraction of sp³-hybridized carbons (Fsp3) is 0.600. The summed E-state index contributed by atoms with van der Waals surface area (Å²) in [5.74, 6) is 0.661. The zero-order valence-corrected chi connectivity index (χ0v) is 7.73. The molecule has 0 amide bonds. The Balaban J connectivity index is 2.66. The van der Waals surface area contributed by atoms with Crippen LogP contribution in [-0.4, -0.2) is 6.18 Å². The van der Waals surface area contributed by atoms with Crippen LogP contribution in [0.4, 0.5) is 13.2 Å². The molecular weight excluding hydrogens is 177 g/mol. The zero-order chi connectivity index (χ0) is 10.1. The lowest BCUT2D eigenvalue weighted by molar-refractivity contribution is -0.0887. The molecule has 0 nitrogen and oxygen atoms in total. The van der Waals surface area contributed by atoms with Gasteiger partial charge in [0.05, 0.1) is 5.57 Å². The van der Waals surface area contributed by atoms with Gasteiger partial charge in [-0.3, -0.25) is 0 Å². The minimum Gasteiger partial charge on any atom is -0.166 e. The topological polar surface area (TPSA) is 0 Å². The highest BCUT2D eigenvalue weighted by molar-refractivity contribution is 5.27. The third-order valence-electron chi connectivity index (χ3n) is 2.32. The van der Waals surface area contributed by atoms with Gasteiger partial charge in [0.1, 0.15) is 0 Å². The minimum atomic E-state index is -4.18. The van der Waals surface area contributed by atoms with Crippen molar-refractivity contribution in [2.45, 2.75) is 26.4 Å². The molecule has 0 heterocycles. The van der Waals surface area contributed by atoms with Crippen molar-refractivity contribution in [3.63, 3.8) is 0 Å². The highest BCUT2D eigenvalue weighted by Crippen LogP contribution is 2.32. The first-order valence-corrected chi connectivity index (χ1v) is 4.37. The Morgan fingerprint density at radius 2 is 2.00 bits per heavy atom. The standard InChI is InChI=1S/C10H13F3/c1-7(2)8-3-5-9(6-4-8)10(11,12)13/h3,5-8H,4H2,1-2H3. The molecule has 0 aromatic carbocycles. The van der Waals surface area contributed by atoms with Crippen molar-refractivity contribution in [3.8, 4) is 0 Å². The van der Waals surface area contributed by atoms with Crippen molar-refractivity contribution in [1.82, 2.24) is 0 Å². The quantitative estimate of drug-likeness (QED) is 0.591. The van der Waals surface area contributed by atoms with E-state index in [9.17, 15) is 13.2 Å². The van der Waals surface area contributed by atoms with Crippen LogP contribution in [0.15, 0.2) is 23.8 Å². The predicted octanol–water partition coefficient (Wildman–Crippen LogP) is 3.71. The smallest absolute Gasteiger partial charge is 0.166 e. The molecule has 1 aliphatic carbocycles. The molecule has 0 aliphatic heterocycles. The van der Waals surface area contributed by atoms with Crippen LogP contribution in [0.1, 0.15) is 20.3 Å². The molecule has 1 unspecified atom stereocenters. The predicted molar refractivity (Wildman–Crippen MR) is 46.2 cm³/mol. The van der Waals surface area contributed by atoms with Gasteiger partial charge in [0.15, 0.2) is 0 Å². The van der Waals surface area contributed by atoms with Crippen LogP contribution in [0, 0.1) is 11.8 Å². The van der Waals surface area contributed by atoms with Crippen LogP contribution < -0.4 is 0 Å². The fourth-order valence-corrected chi connectivity index (χ4v) is 1.34. The molecule has 0 saturated carbocycles. The summed E-state index contributed by atoms with van der Waals surface area (Å²) in [6, 6.07) is 0. The Morgan fingerprint density at radius 3 is 2.31 bits per heavy atom. The third kappa shape index (κ3) is 2.61. The van der Waals surface area contributed by atoms with Crippen LogP contribution >= 0.6 is 0 Å². The Hall–Kier alpha value is -0.730. The molecule has 74 valence electrons. The van der Waals surface area contributed by atoms with Crippen molar-refractivity contribution in [2.75, 3.05) is 0 Å². The second-order valence-corrected chi connectivity index (χ2v) is 3.66. The van der Waals surface area contributed by atoms with E-state index in [1.807, 2.05) is 13.8 Å². The van der Waals surface area contributed by atoms with E-state index in [2.05, 4.69) is 0 Å². The van der Waals surface area contributed by atoms with Crippen LogP contribution in [0.5, 0.6) is 0 Å². The second-order valence-electron chi connectivity index (χ2n) is 3.66. The number of allylic oxidation sites excluding steroid dienone is 4. The molecule has 1 aliphatic rings. The van der Waals surface area contributed by atoms with Gasteiger partial charge in [0.25, 0.3) is 0 Å². The van der Waals surface area contributed by atoms with Gasteiger partial charge in [-0.15, -0.1) is 0 Å². The molecule has 3 heteroatoms. The lowest BCUT2D eigenvalue weighted by Gasteiger charge is -2.20. The number of hydrogen-bond acceptors (Lipinski definition) is 0. The summed E-state index contributed by atoms with van der Waals surface area (Å²) < 4.78 is 36.4. The number of hydrogen-bond donors (Lipinski definition) is 0. The van der Waals surface area contributed by atoms with Gasteiger partial charge in [-0.25, -0.2) is 0 Å². The van der Waals surface area contributed by atoms with Crippen molar-refractivity contribution in [2.24, 2.45) is 11.8 Å². The first kappa shape index (κ1) is 10.4. The lowest BCUT2D eigenvalue weighted by atomic mass is 9.87. The molecule has 1 rings (SSSR count). The third-order valence-corrected chi connectivity index (χ3v) is 2.32. The molecule has 0 fully saturated rings. The normalized spacial score (nSPS) is 23.5.